The number of hydrogen-bond donors (Lipinski definition) is 1. The van der Waals surface area contributed by atoms with Crippen LogP contribution in [0.3, 0.4) is 0 Å². The summed E-state index contributed by atoms with van der Waals surface area (Å²) in [5.41, 5.74) is 5.98. The van der Waals surface area contributed by atoms with Crippen LogP contribution < -0.4 is 5.73 Å². The highest BCUT2D eigenvalue weighted by atomic mass is 16.1. The first-order valence-electron chi connectivity index (χ1n) is 8.75. The SMILES string of the molecule is CCCCCC(N)C(=O)CC(CCCCC)C(=O)C(C)C. The third-order valence-electron chi connectivity index (χ3n) is 4.11. The first-order valence-corrected chi connectivity index (χ1v) is 8.75. The number of hydrogen-bond acceptors (Lipinski definition) is 3. The zero-order valence-electron chi connectivity index (χ0n) is 14.5. The molecule has 0 aliphatic carbocycles. The van der Waals surface area contributed by atoms with Crippen LogP contribution in [0.25, 0.3) is 0 Å². The molecule has 0 aromatic rings. The summed E-state index contributed by atoms with van der Waals surface area (Å²) in [5.74, 6) is 0.170. The molecule has 0 saturated heterocycles. The van der Waals surface area contributed by atoms with E-state index in [1.54, 1.807) is 0 Å². The molecule has 2 unspecified atom stereocenters. The second-order valence-corrected chi connectivity index (χ2v) is 6.52. The Bertz CT molecular complexity index is 300. The van der Waals surface area contributed by atoms with E-state index in [0.717, 1.165) is 51.4 Å². The van der Waals surface area contributed by atoms with Crippen molar-refractivity contribution in [3.8, 4) is 0 Å². The predicted octanol–water partition coefficient (Wildman–Crippen LogP) is 4.27. The molecule has 0 aromatic heterocycles. The molecule has 0 aliphatic rings. The van der Waals surface area contributed by atoms with Crippen molar-refractivity contribution in [2.45, 2.75) is 91.5 Å². The second-order valence-electron chi connectivity index (χ2n) is 6.52. The first-order chi connectivity index (χ1) is 9.93. The molecule has 0 fully saturated rings. The standard InChI is InChI=1S/C18H35NO2/c1-5-7-9-11-15(18(21)14(3)4)13-17(20)16(19)12-10-8-6-2/h14-16H,5-13,19H2,1-4H3. The van der Waals surface area contributed by atoms with Gasteiger partial charge in [0.15, 0.2) is 0 Å². The quantitative estimate of drug-likeness (QED) is 0.516. The fraction of sp³-hybridized carbons (Fsp3) is 0.889. The molecule has 0 heterocycles. The molecule has 0 saturated carbocycles. The third kappa shape index (κ3) is 9.02. The smallest absolute Gasteiger partial charge is 0.150 e. The van der Waals surface area contributed by atoms with Gasteiger partial charge in [-0.3, -0.25) is 9.59 Å². The molecule has 0 bridgehead atoms. The van der Waals surface area contributed by atoms with E-state index in [-0.39, 0.29) is 29.4 Å². The van der Waals surface area contributed by atoms with Crippen LogP contribution in [0.1, 0.15) is 85.5 Å². The second kappa shape index (κ2) is 11.9. The highest BCUT2D eigenvalue weighted by Gasteiger charge is 2.25. The summed E-state index contributed by atoms with van der Waals surface area (Å²) in [5, 5.41) is 0. The van der Waals surface area contributed by atoms with E-state index in [0.29, 0.717) is 6.42 Å². The van der Waals surface area contributed by atoms with Gasteiger partial charge >= 0.3 is 0 Å². The summed E-state index contributed by atoms with van der Waals surface area (Å²) >= 11 is 0. The van der Waals surface area contributed by atoms with Crippen LogP contribution in [0, 0.1) is 11.8 Å². The zero-order valence-corrected chi connectivity index (χ0v) is 14.5. The lowest BCUT2D eigenvalue weighted by Crippen LogP contribution is -2.34. The van der Waals surface area contributed by atoms with Gasteiger partial charge in [0.05, 0.1) is 6.04 Å². The van der Waals surface area contributed by atoms with Crippen molar-refractivity contribution >= 4 is 11.6 Å². The van der Waals surface area contributed by atoms with Crippen molar-refractivity contribution in [2.75, 3.05) is 0 Å². The zero-order chi connectivity index (χ0) is 16.3. The number of nitrogens with two attached hydrogens (primary N) is 1. The lowest BCUT2D eigenvalue weighted by molar-refractivity contribution is -0.130. The Labute approximate surface area is 131 Å². The van der Waals surface area contributed by atoms with E-state index < -0.39 is 0 Å². The summed E-state index contributed by atoms with van der Waals surface area (Å²) in [6, 6.07) is -0.384. The average molecular weight is 297 g/mol. The van der Waals surface area contributed by atoms with Crippen LogP contribution in [-0.2, 0) is 9.59 Å². The highest BCUT2D eigenvalue weighted by molar-refractivity contribution is 5.91. The van der Waals surface area contributed by atoms with E-state index >= 15 is 0 Å². The molecule has 124 valence electrons. The minimum Gasteiger partial charge on any atom is -0.322 e. The predicted molar refractivity (Wildman–Crippen MR) is 89.2 cm³/mol. The summed E-state index contributed by atoms with van der Waals surface area (Å²) in [6.45, 7) is 8.12. The van der Waals surface area contributed by atoms with E-state index in [1.807, 2.05) is 13.8 Å². The maximum atomic E-state index is 12.3. The summed E-state index contributed by atoms with van der Waals surface area (Å²) in [6.07, 6.45) is 8.46. The molecule has 0 aromatic carbocycles. The fourth-order valence-corrected chi connectivity index (χ4v) is 2.63. The Morgan fingerprint density at radius 2 is 1.43 bits per heavy atom. The van der Waals surface area contributed by atoms with Gasteiger partial charge in [0, 0.05) is 18.3 Å². The molecule has 2 N–H and O–H groups in total. The summed E-state index contributed by atoms with van der Waals surface area (Å²) in [7, 11) is 0. The Hall–Kier alpha value is -0.700. The molecule has 21 heavy (non-hydrogen) atoms. The Morgan fingerprint density at radius 1 is 0.905 bits per heavy atom. The minimum absolute atomic E-state index is 0.000687. The van der Waals surface area contributed by atoms with Gasteiger partial charge in [-0.25, -0.2) is 0 Å². The van der Waals surface area contributed by atoms with Crippen LogP contribution in [-0.4, -0.2) is 17.6 Å². The van der Waals surface area contributed by atoms with E-state index in [1.165, 1.54) is 0 Å². The Balaban J connectivity index is 4.42. The van der Waals surface area contributed by atoms with Gasteiger partial charge in [0.1, 0.15) is 11.6 Å². The van der Waals surface area contributed by atoms with Crippen molar-refractivity contribution < 1.29 is 9.59 Å². The van der Waals surface area contributed by atoms with Gasteiger partial charge in [-0.05, 0) is 12.8 Å². The monoisotopic (exact) mass is 297 g/mol. The lowest BCUT2D eigenvalue weighted by Gasteiger charge is -2.19. The number of carbonyl (C=O) groups is 2. The van der Waals surface area contributed by atoms with E-state index in [2.05, 4.69) is 13.8 Å². The molecule has 0 rings (SSSR count). The highest BCUT2D eigenvalue weighted by Crippen LogP contribution is 2.20. The average Bonchev–Trinajstić information content (AvgIpc) is 2.45. The molecule has 0 amide bonds. The third-order valence-corrected chi connectivity index (χ3v) is 4.11. The fourth-order valence-electron chi connectivity index (χ4n) is 2.63. The van der Waals surface area contributed by atoms with Crippen molar-refractivity contribution in [3.63, 3.8) is 0 Å². The molecule has 0 radical (unpaired) electrons. The normalized spacial score (nSPS) is 14.2. The van der Waals surface area contributed by atoms with Gasteiger partial charge < -0.3 is 5.73 Å². The molecular weight excluding hydrogens is 262 g/mol. The van der Waals surface area contributed by atoms with Crippen LogP contribution in [0.5, 0.6) is 0 Å². The lowest BCUT2D eigenvalue weighted by atomic mass is 9.85. The van der Waals surface area contributed by atoms with Crippen LogP contribution in [0.2, 0.25) is 0 Å². The minimum atomic E-state index is -0.384. The van der Waals surface area contributed by atoms with Crippen LogP contribution >= 0.6 is 0 Å². The van der Waals surface area contributed by atoms with Crippen LogP contribution in [0.4, 0.5) is 0 Å². The van der Waals surface area contributed by atoms with Crippen molar-refractivity contribution in [3.05, 3.63) is 0 Å². The van der Waals surface area contributed by atoms with E-state index in [9.17, 15) is 9.59 Å². The van der Waals surface area contributed by atoms with Gasteiger partial charge in [-0.2, -0.15) is 0 Å². The summed E-state index contributed by atoms with van der Waals surface area (Å²) in [4.78, 5) is 24.5. The molecule has 0 spiro atoms. The largest absolute Gasteiger partial charge is 0.322 e. The Kier molecular flexibility index (Phi) is 11.5. The van der Waals surface area contributed by atoms with E-state index in [4.69, 9.17) is 5.73 Å². The Morgan fingerprint density at radius 3 is 1.90 bits per heavy atom. The molecular formula is C18H35NO2. The number of rotatable bonds is 13. The summed E-state index contributed by atoms with van der Waals surface area (Å²) < 4.78 is 0. The molecule has 0 aliphatic heterocycles. The van der Waals surface area contributed by atoms with Crippen molar-refractivity contribution in [1.29, 1.82) is 0 Å². The number of Topliss-reactive ketones (excluding diaryl/α,β-unsaturated/α-hetero) is 2. The molecule has 3 nitrogen and oxygen atoms in total. The number of unbranched alkanes of at least 4 members (excludes halogenated alkanes) is 4. The van der Waals surface area contributed by atoms with Crippen molar-refractivity contribution in [1.82, 2.24) is 0 Å². The maximum Gasteiger partial charge on any atom is 0.150 e. The first kappa shape index (κ1) is 20.3. The topological polar surface area (TPSA) is 60.2 Å². The maximum absolute atomic E-state index is 12.3. The number of carbonyl (C=O) groups excluding carboxylic acids is 2. The van der Waals surface area contributed by atoms with Crippen molar-refractivity contribution in [2.24, 2.45) is 17.6 Å². The molecule has 3 heteroatoms. The van der Waals surface area contributed by atoms with Gasteiger partial charge in [0.2, 0.25) is 0 Å². The number of ketones is 2. The van der Waals surface area contributed by atoms with Gasteiger partial charge in [0.25, 0.3) is 0 Å². The van der Waals surface area contributed by atoms with Gasteiger partial charge in [-0.15, -0.1) is 0 Å². The van der Waals surface area contributed by atoms with Gasteiger partial charge in [-0.1, -0.05) is 66.2 Å². The van der Waals surface area contributed by atoms with Crippen LogP contribution in [0.15, 0.2) is 0 Å². The molecule has 2 atom stereocenters.